The summed E-state index contributed by atoms with van der Waals surface area (Å²) in [4.78, 5) is 17.8. The molecule has 1 amide bonds. The third-order valence-electron chi connectivity index (χ3n) is 4.05. The quantitative estimate of drug-likeness (QED) is 0.917. The highest BCUT2D eigenvalue weighted by molar-refractivity contribution is 5.92. The predicted octanol–water partition coefficient (Wildman–Crippen LogP) is 3.05. The molecule has 1 saturated heterocycles. The number of pyridine rings is 1. The van der Waals surface area contributed by atoms with Crippen LogP contribution in [0.4, 0.5) is 13.2 Å². The average molecular weight is 336 g/mol. The summed E-state index contributed by atoms with van der Waals surface area (Å²) in [7, 11) is 0. The number of alkyl halides is 3. The minimum absolute atomic E-state index is 0.00849. The zero-order valence-corrected chi connectivity index (χ0v) is 12.6. The Labute approximate surface area is 136 Å². The zero-order valence-electron chi connectivity index (χ0n) is 12.6. The van der Waals surface area contributed by atoms with Gasteiger partial charge in [0, 0.05) is 12.7 Å². The van der Waals surface area contributed by atoms with Crippen LogP contribution in [0.3, 0.4) is 0 Å². The minimum atomic E-state index is -4.52. The Morgan fingerprint density at radius 3 is 2.54 bits per heavy atom. The van der Waals surface area contributed by atoms with Crippen molar-refractivity contribution in [3.05, 3.63) is 65.5 Å². The van der Waals surface area contributed by atoms with E-state index in [2.05, 4.69) is 4.98 Å². The summed E-state index contributed by atoms with van der Waals surface area (Å²) in [6.07, 6.45) is -3.89. The molecule has 2 atom stereocenters. The molecule has 2 unspecified atom stereocenters. The van der Waals surface area contributed by atoms with Crippen LogP contribution >= 0.6 is 0 Å². The maximum absolute atomic E-state index is 13.3. The number of nitrogens with zero attached hydrogens (tertiary/aromatic N) is 2. The number of benzene rings is 1. The van der Waals surface area contributed by atoms with E-state index in [0.29, 0.717) is 0 Å². The van der Waals surface area contributed by atoms with Gasteiger partial charge in [-0.1, -0.05) is 24.3 Å². The lowest BCUT2D eigenvalue weighted by atomic mass is 9.97. The topological polar surface area (TPSA) is 53.4 Å². The largest absolute Gasteiger partial charge is 0.416 e. The van der Waals surface area contributed by atoms with Crippen molar-refractivity contribution in [1.29, 1.82) is 0 Å². The summed E-state index contributed by atoms with van der Waals surface area (Å²) >= 11 is 0. The van der Waals surface area contributed by atoms with Gasteiger partial charge < -0.3 is 10.0 Å². The smallest absolute Gasteiger partial charge is 0.391 e. The third-order valence-corrected chi connectivity index (χ3v) is 4.05. The van der Waals surface area contributed by atoms with Gasteiger partial charge in [-0.3, -0.25) is 9.78 Å². The highest BCUT2D eigenvalue weighted by atomic mass is 19.4. The van der Waals surface area contributed by atoms with Gasteiger partial charge in [0.2, 0.25) is 0 Å². The predicted molar refractivity (Wildman–Crippen MR) is 80.1 cm³/mol. The van der Waals surface area contributed by atoms with Crippen molar-refractivity contribution in [3.8, 4) is 0 Å². The van der Waals surface area contributed by atoms with E-state index >= 15 is 0 Å². The van der Waals surface area contributed by atoms with Crippen molar-refractivity contribution in [2.75, 3.05) is 6.54 Å². The first-order valence-electron chi connectivity index (χ1n) is 7.44. The number of aliphatic hydroxyl groups is 1. The fourth-order valence-electron chi connectivity index (χ4n) is 3.02. The summed E-state index contributed by atoms with van der Waals surface area (Å²) in [6, 6.07) is 9.08. The van der Waals surface area contributed by atoms with Crippen molar-refractivity contribution < 1.29 is 23.1 Å². The van der Waals surface area contributed by atoms with Gasteiger partial charge in [-0.2, -0.15) is 13.2 Å². The molecule has 0 saturated carbocycles. The molecule has 1 aliphatic rings. The first kappa shape index (κ1) is 16.4. The summed E-state index contributed by atoms with van der Waals surface area (Å²) in [5.41, 5.74) is -0.658. The second-order valence-electron chi connectivity index (χ2n) is 5.66. The molecule has 0 aliphatic carbocycles. The van der Waals surface area contributed by atoms with Crippen LogP contribution in [-0.4, -0.2) is 33.5 Å². The summed E-state index contributed by atoms with van der Waals surface area (Å²) in [5.74, 6) is -0.492. The van der Waals surface area contributed by atoms with E-state index in [4.69, 9.17) is 0 Å². The number of β-amino-alcohol motifs (C(OH)–C–C–N with tert-alkyl or cyclic N) is 1. The molecule has 2 heterocycles. The van der Waals surface area contributed by atoms with Gasteiger partial charge in [-0.05, 0) is 30.2 Å². The van der Waals surface area contributed by atoms with Crippen molar-refractivity contribution in [3.63, 3.8) is 0 Å². The molecule has 3 rings (SSSR count). The SMILES string of the molecule is O=C(c1ccccn1)N1CC(O)CC1c1ccccc1C(F)(F)F. The molecule has 7 heteroatoms. The lowest BCUT2D eigenvalue weighted by molar-refractivity contribution is -0.138. The number of carbonyl (C=O) groups excluding carboxylic acids is 1. The molecule has 1 N–H and O–H groups in total. The number of carbonyl (C=O) groups is 1. The monoisotopic (exact) mass is 336 g/mol. The van der Waals surface area contributed by atoms with Gasteiger partial charge in [0.25, 0.3) is 5.91 Å². The van der Waals surface area contributed by atoms with E-state index in [0.717, 1.165) is 6.07 Å². The average Bonchev–Trinajstić information content (AvgIpc) is 2.96. The minimum Gasteiger partial charge on any atom is -0.391 e. The van der Waals surface area contributed by atoms with Gasteiger partial charge >= 0.3 is 6.18 Å². The van der Waals surface area contributed by atoms with E-state index < -0.39 is 29.8 Å². The van der Waals surface area contributed by atoms with Crippen molar-refractivity contribution >= 4 is 5.91 Å². The second kappa shape index (κ2) is 6.24. The maximum Gasteiger partial charge on any atom is 0.416 e. The number of hydrogen-bond acceptors (Lipinski definition) is 3. The van der Waals surface area contributed by atoms with E-state index in [-0.39, 0.29) is 24.2 Å². The van der Waals surface area contributed by atoms with Gasteiger partial charge in [0.15, 0.2) is 0 Å². The molecule has 24 heavy (non-hydrogen) atoms. The van der Waals surface area contributed by atoms with Crippen LogP contribution in [-0.2, 0) is 6.18 Å². The standard InChI is InChI=1S/C17H15F3N2O2/c18-17(19,20)13-6-2-1-5-12(13)15-9-11(23)10-22(15)16(24)14-7-3-4-8-21-14/h1-8,11,15,23H,9-10H2. The molecule has 1 aliphatic heterocycles. The molecule has 0 spiro atoms. The number of rotatable bonds is 2. The Morgan fingerprint density at radius 2 is 1.88 bits per heavy atom. The number of amides is 1. The van der Waals surface area contributed by atoms with Crippen LogP contribution in [0, 0.1) is 0 Å². The van der Waals surface area contributed by atoms with E-state index in [1.54, 1.807) is 12.1 Å². The molecule has 0 bridgehead atoms. The Bertz CT molecular complexity index is 734. The fraction of sp³-hybridized carbons (Fsp3) is 0.294. The zero-order chi connectivity index (χ0) is 17.3. The van der Waals surface area contributed by atoms with E-state index in [9.17, 15) is 23.1 Å². The first-order valence-corrected chi connectivity index (χ1v) is 7.44. The first-order chi connectivity index (χ1) is 11.4. The van der Waals surface area contributed by atoms with Crippen molar-refractivity contribution in [2.45, 2.75) is 24.7 Å². The lowest BCUT2D eigenvalue weighted by Crippen LogP contribution is -2.33. The molecular formula is C17H15F3N2O2. The summed E-state index contributed by atoms with van der Waals surface area (Å²) in [5, 5.41) is 9.93. The van der Waals surface area contributed by atoms with Gasteiger partial charge in [0.05, 0.1) is 17.7 Å². The summed E-state index contributed by atoms with van der Waals surface area (Å²) in [6.45, 7) is -0.0216. The molecular weight excluding hydrogens is 321 g/mol. The molecule has 1 aromatic carbocycles. The molecule has 4 nitrogen and oxygen atoms in total. The lowest BCUT2D eigenvalue weighted by Gasteiger charge is -2.26. The van der Waals surface area contributed by atoms with E-state index in [1.807, 2.05) is 0 Å². The second-order valence-corrected chi connectivity index (χ2v) is 5.66. The molecule has 0 radical (unpaired) electrons. The highest BCUT2D eigenvalue weighted by Crippen LogP contribution is 2.40. The Balaban J connectivity index is 1.99. The van der Waals surface area contributed by atoms with Crippen molar-refractivity contribution in [2.24, 2.45) is 0 Å². The van der Waals surface area contributed by atoms with Crippen LogP contribution in [0.2, 0.25) is 0 Å². The number of aromatic nitrogens is 1. The Hall–Kier alpha value is -2.41. The van der Waals surface area contributed by atoms with Crippen LogP contribution < -0.4 is 0 Å². The molecule has 1 aromatic heterocycles. The normalized spacial score (nSPS) is 21.1. The highest BCUT2D eigenvalue weighted by Gasteiger charge is 2.41. The van der Waals surface area contributed by atoms with Gasteiger partial charge in [-0.15, -0.1) is 0 Å². The van der Waals surface area contributed by atoms with Gasteiger partial charge in [-0.25, -0.2) is 0 Å². The van der Waals surface area contributed by atoms with Crippen LogP contribution in [0.15, 0.2) is 48.7 Å². The van der Waals surface area contributed by atoms with E-state index in [1.165, 1.54) is 35.4 Å². The van der Waals surface area contributed by atoms with Gasteiger partial charge in [0.1, 0.15) is 5.69 Å². The number of aliphatic hydroxyl groups excluding tert-OH is 1. The van der Waals surface area contributed by atoms with Crippen LogP contribution in [0.1, 0.15) is 34.1 Å². The Morgan fingerprint density at radius 1 is 1.17 bits per heavy atom. The third kappa shape index (κ3) is 3.12. The number of hydrogen-bond donors (Lipinski definition) is 1. The molecule has 1 fully saturated rings. The Kier molecular flexibility index (Phi) is 4.28. The fourth-order valence-corrected chi connectivity index (χ4v) is 3.02. The molecule has 126 valence electrons. The number of halogens is 3. The van der Waals surface area contributed by atoms with Crippen LogP contribution in [0.25, 0.3) is 0 Å². The van der Waals surface area contributed by atoms with Crippen LogP contribution in [0.5, 0.6) is 0 Å². The molecule has 2 aromatic rings. The summed E-state index contributed by atoms with van der Waals surface area (Å²) < 4.78 is 39.8. The van der Waals surface area contributed by atoms with Crippen molar-refractivity contribution in [1.82, 2.24) is 9.88 Å². The maximum atomic E-state index is 13.3. The number of likely N-dealkylation sites (tertiary alicyclic amines) is 1.